The van der Waals surface area contributed by atoms with Gasteiger partial charge in [-0.1, -0.05) is 18.6 Å². The summed E-state index contributed by atoms with van der Waals surface area (Å²) in [6.45, 7) is 0. The third-order valence-electron chi connectivity index (χ3n) is 2.34. The van der Waals surface area contributed by atoms with E-state index in [0.717, 1.165) is 25.0 Å². The van der Waals surface area contributed by atoms with Crippen LogP contribution >= 0.6 is 0 Å². The standard InChI is InChI=1S/C11H17BO3/c1-15-11-7-5-10(6-8-11)4-2-3-9-12(13)14/h5-8,13-14H,2-4,9H2,1H3. The van der Waals surface area contributed by atoms with Gasteiger partial charge in [-0.25, -0.2) is 0 Å². The highest BCUT2D eigenvalue weighted by atomic mass is 16.5. The number of aryl methyl sites for hydroxylation is 1. The normalized spacial score (nSPS) is 10.1. The average molecular weight is 208 g/mol. The van der Waals surface area contributed by atoms with E-state index >= 15 is 0 Å². The molecular weight excluding hydrogens is 191 g/mol. The molecule has 15 heavy (non-hydrogen) atoms. The van der Waals surface area contributed by atoms with E-state index in [1.54, 1.807) is 7.11 Å². The van der Waals surface area contributed by atoms with Crippen LogP contribution in [0.2, 0.25) is 6.32 Å². The van der Waals surface area contributed by atoms with Gasteiger partial charge in [0.15, 0.2) is 0 Å². The molecule has 0 atom stereocenters. The molecule has 0 heterocycles. The molecule has 0 spiro atoms. The molecule has 0 saturated heterocycles. The molecule has 0 saturated carbocycles. The average Bonchev–Trinajstić information content (AvgIpc) is 2.25. The zero-order valence-electron chi connectivity index (χ0n) is 9.02. The molecule has 0 aliphatic carbocycles. The minimum atomic E-state index is -1.17. The van der Waals surface area contributed by atoms with Gasteiger partial charge in [-0.15, -0.1) is 0 Å². The molecule has 0 fully saturated rings. The second-order valence-electron chi connectivity index (χ2n) is 3.57. The highest BCUT2D eigenvalue weighted by Crippen LogP contribution is 2.13. The fraction of sp³-hybridized carbons (Fsp3) is 0.455. The van der Waals surface area contributed by atoms with E-state index in [9.17, 15) is 0 Å². The van der Waals surface area contributed by atoms with Crippen LogP contribution in [0, 0.1) is 0 Å². The number of hydrogen-bond acceptors (Lipinski definition) is 3. The fourth-order valence-corrected chi connectivity index (χ4v) is 1.45. The van der Waals surface area contributed by atoms with Gasteiger partial charge in [-0.2, -0.15) is 0 Å². The van der Waals surface area contributed by atoms with Crippen LogP contribution in [0.5, 0.6) is 5.75 Å². The first-order valence-electron chi connectivity index (χ1n) is 5.21. The summed E-state index contributed by atoms with van der Waals surface area (Å²) in [5.41, 5.74) is 1.25. The molecule has 1 aromatic carbocycles. The van der Waals surface area contributed by atoms with Crippen LogP contribution in [0.3, 0.4) is 0 Å². The lowest BCUT2D eigenvalue weighted by Crippen LogP contribution is -2.09. The van der Waals surface area contributed by atoms with Crippen molar-refractivity contribution < 1.29 is 14.8 Å². The first kappa shape index (κ1) is 12.1. The van der Waals surface area contributed by atoms with Crippen molar-refractivity contribution in [2.45, 2.75) is 25.6 Å². The maximum Gasteiger partial charge on any atom is 0.451 e. The molecule has 3 nitrogen and oxygen atoms in total. The number of benzene rings is 1. The van der Waals surface area contributed by atoms with Crippen LogP contribution in [0.1, 0.15) is 18.4 Å². The highest BCUT2D eigenvalue weighted by Gasteiger charge is 2.04. The summed E-state index contributed by atoms with van der Waals surface area (Å²) in [6, 6.07) is 7.95. The van der Waals surface area contributed by atoms with Gasteiger partial charge in [0, 0.05) is 0 Å². The smallest absolute Gasteiger partial charge is 0.451 e. The molecule has 0 amide bonds. The van der Waals surface area contributed by atoms with Gasteiger partial charge in [-0.3, -0.25) is 0 Å². The fourth-order valence-electron chi connectivity index (χ4n) is 1.45. The Morgan fingerprint density at radius 1 is 1.13 bits per heavy atom. The van der Waals surface area contributed by atoms with E-state index in [1.165, 1.54) is 5.56 Å². The maximum absolute atomic E-state index is 8.66. The van der Waals surface area contributed by atoms with Gasteiger partial charge in [0.05, 0.1) is 7.11 Å². The van der Waals surface area contributed by atoms with Crippen molar-refractivity contribution in [3.63, 3.8) is 0 Å². The van der Waals surface area contributed by atoms with Gasteiger partial charge in [0.1, 0.15) is 5.75 Å². The van der Waals surface area contributed by atoms with E-state index in [4.69, 9.17) is 14.8 Å². The van der Waals surface area contributed by atoms with E-state index in [-0.39, 0.29) is 0 Å². The van der Waals surface area contributed by atoms with Crippen molar-refractivity contribution in [2.24, 2.45) is 0 Å². The first-order valence-corrected chi connectivity index (χ1v) is 5.21. The molecule has 82 valence electrons. The number of unbranched alkanes of at least 4 members (excludes halogenated alkanes) is 1. The second-order valence-corrected chi connectivity index (χ2v) is 3.57. The van der Waals surface area contributed by atoms with Crippen LogP contribution in [-0.4, -0.2) is 24.3 Å². The highest BCUT2D eigenvalue weighted by molar-refractivity contribution is 6.40. The Balaban J connectivity index is 2.25. The van der Waals surface area contributed by atoms with Crippen molar-refractivity contribution >= 4 is 7.12 Å². The summed E-state index contributed by atoms with van der Waals surface area (Å²) in [4.78, 5) is 0. The zero-order chi connectivity index (χ0) is 11.1. The summed E-state index contributed by atoms with van der Waals surface area (Å²) in [5, 5.41) is 17.3. The van der Waals surface area contributed by atoms with E-state index < -0.39 is 7.12 Å². The maximum atomic E-state index is 8.66. The van der Waals surface area contributed by atoms with E-state index in [0.29, 0.717) is 6.32 Å². The molecule has 4 heteroatoms. The molecule has 2 N–H and O–H groups in total. The van der Waals surface area contributed by atoms with Crippen molar-refractivity contribution in [1.82, 2.24) is 0 Å². The Morgan fingerprint density at radius 3 is 2.33 bits per heavy atom. The largest absolute Gasteiger partial charge is 0.497 e. The van der Waals surface area contributed by atoms with Crippen LogP contribution in [0.25, 0.3) is 0 Å². The molecule has 0 aliphatic heterocycles. The van der Waals surface area contributed by atoms with Gasteiger partial charge in [0.2, 0.25) is 0 Å². The minimum absolute atomic E-state index is 0.455. The molecule has 0 aromatic heterocycles. The lowest BCUT2D eigenvalue weighted by atomic mass is 9.83. The Kier molecular flexibility index (Phi) is 5.22. The Morgan fingerprint density at radius 2 is 1.80 bits per heavy atom. The third kappa shape index (κ3) is 4.86. The van der Waals surface area contributed by atoms with E-state index in [2.05, 4.69) is 0 Å². The molecular formula is C11H17BO3. The van der Waals surface area contributed by atoms with Crippen LogP contribution in [-0.2, 0) is 6.42 Å². The Bertz CT molecular complexity index is 272. The Labute approximate surface area is 90.9 Å². The van der Waals surface area contributed by atoms with Crippen molar-refractivity contribution in [3.05, 3.63) is 29.8 Å². The summed E-state index contributed by atoms with van der Waals surface area (Å²) in [6.07, 6.45) is 3.24. The van der Waals surface area contributed by atoms with Gasteiger partial charge in [-0.05, 0) is 36.9 Å². The topological polar surface area (TPSA) is 49.7 Å². The van der Waals surface area contributed by atoms with Crippen LogP contribution in [0.15, 0.2) is 24.3 Å². The monoisotopic (exact) mass is 208 g/mol. The number of hydrogen-bond donors (Lipinski definition) is 2. The van der Waals surface area contributed by atoms with Crippen molar-refractivity contribution in [1.29, 1.82) is 0 Å². The first-order chi connectivity index (χ1) is 7.22. The molecule has 0 bridgehead atoms. The zero-order valence-corrected chi connectivity index (χ0v) is 9.02. The van der Waals surface area contributed by atoms with Crippen LogP contribution in [0.4, 0.5) is 0 Å². The molecule has 0 aliphatic rings. The Hall–Kier alpha value is -0.995. The van der Waals surface area contributed by atoms with Crippen molar-refractivity contribution in [2.75, 3.05) is 7.11 Å². The van der Waals surface area contributed by atoms with Gasteiger partial charge >= 0.3 is 7.12 Å². The predicted octanol–water partition coefficient (Wildman–Crippen LogP) is 1.49. The quantitative estimate of drug-likeness (QED) is 0.550. The van der Waals surface area contributed by atoms with E-state index in [1.807, 2.05) is 24.3 Å². The SMILES string of the molecule is COc1ccc(CCCCB(O)O)cc1. The van der Waals surface area contributed by atoms with Gasteiger partial charge in [0.25, 0.3) is 0 Å². The lowest BCUT2D eigenvalue weighted by Gasteiger charge is -2.03. The number of methoxy groups -OCH3 is 1. The summed E-state index contributed by atoms with van der Waals surface area (Å²) in [7, 11) is 0.485. The predicted molar refractivity (Wildman–Crippen MR) is 60.9 cm³/mol. The summed E-state index contributed by atoms with van der Waals surface area (Å²) < 4.78 is 5.06. The second kappa shape index (κ2) is 6.48. The molecule has 1 rings (SSSR count). The third-order valence-corrected chi connectivity index (χ3v) is 2.34. The summed E-state index contributed by atoms with van der Waals surface area (Å²) >= 11 is 0. The molecule has 0 unspecified atom stereocenters. The number of rotatable bonds is 6. The van der Waals surface area contributed by atoms with Gasteiger partial charge < -0.3 is 14.8 Å². The lowest BCUT2D eigenvalue weighted by molar-refractivity contribution is 0.402. The molecule has 0 radical (unpaired) electrons. The van der Waals surface area contributed by atoms with Crippen molar-refractivity contribution in [3.8, 4) is 5.75 Å². The number of ether oxygens (including phenoxy) is 1. The van der Waals surface area contributed by atoms with Crippen LogP contribution < -0.4 is 4.74 Å². The molecule has 1 aromatic rings. The minimum Gasteiger partial charge on any atom is -0.497 e. The summed E-state index contributed by atoms with van der Waals surface area (Å²) in [5.74, 6) is 0.865.